The monoisotopic (exact) mass is 283 g/mol. The van der Waals surface area contributed by atoms with Crippen molar-refractivity contribution in [3.05, 3.63) is 65.8 Å². The van der Waals surface area contributed by atoms with Crippen LogP contribution in [-0.2, 0) is 11.3 Å². The summed E-state index contributed by atoms with van der Waals surface area (Å²) in [6, 6.07) is 11.2. The highest BCUT2D eigenvalue weighted by Crippen LogP contribution is 2.10. The maximum absolute atomic E-state index is 11.7. The molecular weight excluding hydrogens is 270 g/mol. The molecule has 3 aromatic rings. The van der Waals surface area contributed by atoms with E-state index in [4.69, 9.17) is 9.26 Å². The number of hydrogen-bond donors (Lipinski definition) is 0. The average Bonchev–Trinajstić information content (AvgIpc) is 3.15. The van der Waals surface area contributed by atoms with Gasteiger partial charge in [0.1, 0.15) is 6.61 Å². The van der Waals surface area contributed by atoms with Crippen molar-refractivity contribution in [2.75, 3.05) is 0 Å². The van der Waals surface area contributed by atoms with E-state index in [9.17, 15) is 4.79 Å². The smallest absolute Gasteiger partial charge is 0.377 e. The van der Waals surface area contributed by atoms with Crippen LogP contribution in [0.15, 0.2) is 53.3 Å². The highest BCUT2D eigenvalue weighted by molar-refractivity contribution is 5.86. The van der Waals surface area contributed by atoms with Gasteiger partial charge >= 0.3 is 5.97 Å². The molecule has 21 heavy (non-hydrogen) atoms. The molecule has 0 aliphatic heterocycles. The number of aromatic nitrogens is 3. The van der Waals surface area contributed by atoms with Gasteiger partial charge in [-0.15, -0.1) is 0 Å². The largest absolute Gasteiger partial charge is 0.455 e. The van der Waals surface area contributed by atoms with E-state index in [1.807, 2.05) is 36.5 Å². The average molecular weight is 283 g/mol. The number of esters is 1. The van der Waals surface area contributed by atoms with Crippen LogP contribution >= 0.6 is 0 Å². The lowest BCUT2D eigenvalue weighted by Gasteiger charge is -2.00. The molecule has 0 saturated heterocycles. The van der Waals surface area contributed by atoms with Crippen molar-refractivity contribution in [3.63, 3.8) is 0 Å². The van der Waals surface area contributed by atoms with Gasteiger partial charge in [-0.1, -0.05) is 23.4 Å². The summed E-state index contributed by atoms with van der Waals surface area (Å²) < 4.78 is 11.7. The standard InChI is InChI=1S/C15H13N3O3/c1-11-7-14(21-17-11)15(19)20-10-12-8-16-18(9-12)13-5-3-2-4-6-13/h2-9H,10H2,1H3. The van der Waals surface area contributed by atoms with Crippen LogP contribution in [0.25, 0.3) is 5.69 Å². The zero-order valence-electron chi connectivity index (χ0n) is 11.4. The summed E-state index contributed by atoms with van der Waals surface area (Å²) in [5.74, 6) is -0.439. The summed E-state index contributed by atoms with van der Waals surface area (Å²) in [7, 11) is 0. The SMILES string of the molecule is Cc1cc(C(=O)OCc2cnn(-c3ccccc3)c2)on1. The van der Waals surface area contributed by atoms with Gasteiger partial charge in [-0.25, -0.2) is 9.48 Å². The summed E-state index contributed by atoms with van der Waals surface area (Å²) >= 11 is 0. The Balaban J connectivity index is 1.64. The van der Waals surface area contributed by atoms with Crippen LogP contribution in [0.3, 0.4) is 0 Å². The van der Waals surface area contributed by atoms with Crippen molar-refractivity contribution < 1.29 is 14.1 Å². The minimum Gasteiger partial charge on any atom is -0.455 e. The molecule has 106 valence electrons. The van der Waals surface area contributed by atoms with Crippen LogP contribution in [0, 0.1) is 6.92 Å². The molecule has 2 heterocycles. The van der Waals surface area contributed by atoms with Gasteiger partial charge in [0.2, 0.25) is 5.76 Å². The second-order valence-electron chi connectivity index (χ2n) is 4.54. The molecule has 0 fully saturated rings. The van der Waals surface area contributed by atoms with Crippen LogP contribution in [0.1, 0.15) is 21.8 Å². The number of carbonyl (C=O) groups is 1. The van der Waals surface area contributed by atoms with Crippen molar-refractivity contribution in [2.45, 2.75) is 13.5 Å². The first-order valence-electron chi connectivity index (χ1n) is 6.42. The van der Waals surface area contributed by atoms with E-state index in [-0.39, 0.29) is 12.4 Å². The third-order valence-electron chi connectivity index (χ3n) is 2.86. The van der Waals surface area contributed by atoms with Gasteiger partial charge in [0, 0.05) is 17.8 Å². The van der Waals surface area contributed by atoms with Crippen molar-refractivity contribution >= 4 is 5.97 Å². The molecule has 0 amide bonds. The molecule has 6 nitrogen and oxygen atoms in total. The summed E-state index contributed by atoms with van der Waals surface area (Å²) in [5, 5.41) is 7.88. The van der Waals surface area contributed by atoms with Crippen molar-refractivity contribution in [2.24, 2.45) is 0 Å². The third-order valence-corrected chi connectivity index (χ3v) is 2.86. The maximum atomic E-state index is 11.7. The summed E-state index contributed by atoms with van der Waals surface area (Å²) in [6.45, 7) is 1.87. The number of nitrogens with zero attached hydrogens (tertiary/aromatic N) is 3. The lowest BCUT2D eigenvalue weighted by molar-refractivity contribution is 0.0426. The summed E-state index contributed by atoms with van der Waals surface area (Å²) in [6.07, 6.45) is 3.47. The number of benzene rings is 1. The molecule has 0 radical (unpaired) electrons. The van der Waals surface area contributed by atoms with Crippen LogP contribution in [0.4, 0.5) is 0 Å². The van der Waals surface area contributed by atoms with Crippen molar-refractivity contribution in [1.82, 2.24) is 14.9 Å². The molecule has 0 saturated carbocycles. The highest BCUT2D eigenvalue weighted by atomic mass is 16.6. The predicted octanol–water partition coefficient (Wildman–Crippen LogP) is 2.53. The minimum atomic E-state index is -0.539. The Morgan fingerprint density at radius 3 is 2.86 bits per heavy atom. The Hall–Kier alpha value is -2.89. The second kappa shape index (κ2) is 5.62. The van der Waals surface area contributed by atoms with E-state index in [1.165, 1.54) is 6.07 Å². The van der Waals surface area contributed by atoms with Gasteiger partial charge < -0.3 is 9.26 Å². The lowest BCUT2D eigenvalue weighted by atomic mass is 10.3. The zero-order chi connectivity index (χ0) is 14.7. The Morgan fingerprint density at radius 2 is 2.14 bits per heavy atom. The first-order chi connectivity index (χ1) is 10.2. The molecular formula is C15H13N3O3. The van der Waals surface area contributed by atoms with Crippen LogP contribution in [-0.4, -0.2) is 20.9 Å². The normalized spacial score (nSPS) is 10.5. The molecule has 0 N–H and O–H groups in total. The van der Waals surface area contributed by atoms with Crippen molar-refractivity contribution in [3.8, 4) is 5.69 Å². The number of rotatable bonds is 4. The molecule has 0 spiro atoms. The second-order valence-corrected chi connectivity index (χ2v) is 4.54. The van der Waals surface area contributed by atoms with Crippen LogP contribution in [0.5, 0.6) is 0 Å². The Bertz CT molecular complexity index is 746. The van der Waals surface area contributed by atoms with Crippen LogP contribution < -0.4 is 0 Å². The molecule has 0 unspecified atom stereocenters. The molecule has 0 aliphatic carbocycles. The van der Waals surface area contributed by atoms with Gasteiger partial charge in [-0.3, -0.25) is 0 Å². The molecule has 0 aliphatic rings. The molecule has 0 bridgehead atoms. The number of para-hydroxylation sites is 1. The molecule has 6 heteroatoms. The highest BCUT2D eigenvalue weighted by Gasteiger charge is 2.13. The number of hydrogen-bond acceptors (Lipinski definition) is 5. The first-order valence-corrected chi connectivity index (χ1v) is 6.42. The fourth-order valence-corrected chi connectivity index (χ4v) is 1.84. The Kier molecular flexibility index (Phi) is 3.51. The summed E-state index contributed by atoms with van der Waals surface area (Å²) in [5.41, 5.74) is 2.38. The predicted molar refractivity (Wildman–Crippen MR) is 73.9 cm³/mol. The van der Waals surface area contributed by atoms with Gasteiger partial charge in [0.25, 0.3) is 0 Å². The van der Waals surface area contributed by atoms with E-state index >= 15 is 0 Å². The lowest BCUT2D eigenvalue weighted by Crippen LogP contribution is -2.03. The van der Waals surface area contributed by atoms with E-state index in [0.717, 1.165) is 11.3 Å². The first kappa shape index (κ1) is 13.1. The summed E-state index contributed by atoms with van der Waals surface area (Å²) in [4.78, 5) is 11.7. The quantitative estimate of drug-likeness (QED) is 0.688. The van der Waals surface area contributed by atoms with E-state index < -0.39 is 5.97 Å². The molecule has 0 atom stereocenters. The van der Waals surface area contributed by atoms with Gasteiger partial charge in [-0.05, 0) is 19.1 Å². The van der Waals surface area contributed by atoms with E-state index in [0.29, 0.717) is 5.69 Å². The Morgan fingerprint density at radius 1 is 1.33 bits per heavy atom. The van der Waals surface area contributed by atoms with Gasteiger partial charge in [-0.2, -0.15) is 5.10 Å². The van der Waals surface area contributed by atoms with E-state index in [2.05, 4.69) is 10.3 Å². The zero-order valence-corrected chi connectivity index (χ0v) is 11.4. The minimum absolute atomic E-state index is 0.1000. The number of carbonyl (C=O) groups excluding carboxylic acids is 1. The number of ether oxygens (including phenoxy) is 1. The number of aryl methyl sites for hydroxylation is 1. The topological polar surface area (TPSA) is 70.2 Å². The van der Waals surface area contributed by atoms with E-state index in [1.54, 1.807) is 17.8 Å². The molecule has 3 rings (SSSR count). The fraction of sp³-hybridized carbons (Fsp3) is 0.133. The van der Waals surface area contributed by atoms with Crippen molar-refractivity contribution in [1.29, 1.82) is 0 Å². The fourth-order valence-electron chi connectivity index (χ4n) is 1.84. The maximum Gasteiger partial charge on any atom is 0.377 e. The van der Waals surface area contributed by atoms with Gasteiger partial charge in [0.05, 0.1) is 17.6 Å². The third kappa shape index (κ3) is 3.00. The van der Waals surface area contributed by atoms with Crippen LogP contribution in [0.2, 0.25) is 0 Å². The Labute approximate surface area is 120 Å². The van der Waals surface area contributed by atoms with Gasteiger partial charge in [0.15, 0.2) is 0 Å². The molecule has 1 aromatic carbocycles. The molecule has 2 aromatic heterocycles.